The Hall–Kier alpha value is -3.24. The molecule has 20 heavy (non-hydrogen) atoms. The maximum atomic E-state index is 8.88. The minimum absolute atomic E-state index is 0.376. The minimum atomic E-state index is 0.376. The molecule has 3 aromatic rings. The SMILES string of the molecule is N#COc1cccc2cc3ccccc3c(OC#N)c12. The van der Waals surface area contributed by atoms with E-state index in [1.807, 2.05) is 36.4 Å². The lowest BCUT2D eigenvalue weighted by Gasteiger charge is -2.10. The summed E-state index contributed by atoms with van der Waals surface area (Å²) in [6.45, 7) is 0. The van der Waals surface area contributed by atoms with Gasteiger partial charge in [0, 0.05) is 5.39 Å². The van der Waals surface area contributed by atoms with Gasteiger partial charge in [-0.05, 0) is 22.9 Å². The van der Waals surface area contributed by atoms with Gasteiger partial charge in [-0.1, -0.05) is 36.4 Å². The van der Waals surface area contributed by atoms with Gasteiger partial charge in [-0.15, -0.1) is 10.5 Å². The van der Waals surface area contributed by atoms with Gasteiger partial charge >= 0.3 is 0 Å². The molecule has 0 aliphatic carbocycles. The number of benzene rings is 3. The monoisotopic (exact) mass is 260 g/mol. The van der Waals surface area contributed by atoms with E-state index in [1.54, 1.807) is 24.6 Å². The highest BCUT2D eigenvalue weighted by Gasteiger charge is 2.13. The van der Waals surface area contributed by atoms with Crippen LogP contribution < -0.4 is 9.47 Å². The van der Waals surface area contributed by atoms with Crippen molar-refractivity contribution in [3.05, 3.63) is 48.5 Å². The zero-order chi connectivity index (χ0) is 13.9. The van der Waals surface area contributed by atoms with Crippen LogP contribution in [0.3, 0.4) is 0 Å². The largest absolute Gasteiger partial charge is 0.387 e. The first-order valence-corrected chi connectivity index (χ1v) is 5.91. The summed E-state index contributed by atoms with van der Waals surface area (Å²) in [5.74, 6) is 0.785. The summed E-state index contributed by atoms with van der Waals surface area (Å²) >= 11 is 0. The first kappa shape index (κ1) is 11.8. The maximum absolute atomic E-state index is 8.88. The van der Waals surface area contributed by atoms with Gasteiger partial charge in [-0.25, -0.2) is 0 Å². The van der Waals surface area contributed by atoms with E-state index in [0.29, 0.717) is 16.9 Å². The second-order valence-electron chi connectivity index (χ2n) is 4.17. The summed E-state index contributed by atoms with van der Waals surface area (Å²) < 4.78 is 10.1. The van der Waals surface area contributed by atoms with Crippen molar-refractivity contribution in [3.8, 4) is 24.0 Å². The number of nitrogens with zero attached hydrogens (tertiary/aromatic N) is 2. The number of hydrogen-bond acceptors (Lipinski definition) is 4. The van der Waals surface area contributed by atoms with Crippen LogP contribution in [0.5, 0.6) is 11.5 Å². The van der Waals surface area contributed by atoms with Crippen LogP contribution in [0.2, 0.25) is 0 Å². The molecule has 4 nitrogen and oxygen atoms in total. The normalized spacial score (nSPS) is 9.90. The number of rotatable bonds is 2. The molecule has 0 aliphatic heterocycles. The van der Waals surface area contributed by atoms with Gasteiger partial charge in [-0.2, -0.15) is 0 Å². The lowest BCUT2D eigenvalue weighted by Crippen LogP contribution is -1.91. The topological polar surface area (TPSA) is 66.0 Å². The highest BCUT2D eigenvalue weighted by molar-refractivity contribution is 6.07. The summed E-state index contributed by atoms with van der Waals surface area (Å²) in [5.41, 5.74) is 0. The van der Waals surface area contributed by atoms with E-state index in [4.69, 9.17) is 20.0 Å². The summed E-state index contributed by atoms with van der Waals surface area (Å²) in [5, 5.41) is 20.8. The van der Waals surface area contributed by atoms with Gasteiger partial charge in [0.15, 0.2) is 11.5 Å². The van der Waals surface area contributed by atoms with Crippen molar-refractivity contribution in [2.45, 2.75) is 0 Å². The Morgan fingerprint density at radius 1 is 0.800 bits per heavy atom. The molecule has 0 heterocycles. The minimum Gasteiger partial charge on any atom is -0.387 e. The molecule has 3 rings (SSSR count). The smallest absolute Gasteiger partial charge is 0.292 e. The number of ether oxygens (including phenoxy) is 2. The van der Waals surface area contributed by atoms with Crippen molar-refractivity contribution in [2.75, 3.05) is 0 Å². The zero-order valence-corrected chi connectivity index (χ0v) is 10.3. The molecule has 0 saturated heterocycles. The van der Waals surface area contributed by atoms with Crippen molar-refractivity contribution in [3.63, 3.8) is 0 Å². The third-order valence-electron chi connectivity index (χ3n) is 3.11. The Bertz CT molecular complexity index is 888. The molecule has 0 aliphatic rings. The molecule has 0 aromatic heterocycles. The van der Waals surface area contributed by atoms with Crippen LogP contribution in [0.4, 0.5) is 0 Å². The summed E-state index contributed by atoms with van der Waals surface area (Å²) in [7, 11) is 0. The van der Waals surface area contributed by atoms with E-state index < -0.39 is 0 Å². The molecule has 3 aromatic carbocycles. The third kappa shape index (κ3) is 1.77. The highest BCUT2D eigenvalue weighted by atomic mass is 16.5. The summed E-state index contributed by atoms with van der Waals surface area (Å²) in [6.07, 6.45) is 3.35. The fourth-order valence-electron chi connectivity index (χ4n) is 2.33. The predicted molar refractivity (Wildman–Crippen MR) is 73.9 cm³/mol. The molecule has 94 valence electrons. The van der Waals surface area contributed by atoms with Gasteiger partial charge in [0.25, 0.3) is 12.5 Å². The van der Waals surface area contributed by atoms with Gasteiger partial charge in [0.1, 0.15) is 0 Å². The molecule has 0 atom stereocenters. The molecule has 0 radical (unpaired) electrons. The fraction of sp³-hybridized carbons (Fsp3) is 0. The van der Waals surface area contributed by atoms with Crippen molar-refractivity contribution in [1.29, 1.82) is 10.5 Å². The second-order valence-corrected chi connectivity index (χ2v) is 4.17. The van der Waals surface area contributed by atoms with Crippen LogP contribution in [0.25, 0.3) is 21.5 Å². The quantitative estimate of drug-likeness (QED) is 0.520. The number of hydrogen-bond donors (Lipinski definition) is 0. The van der Waals surface area contributed by atoms with Crippen molar-refractivity contribution >= 4 is 21.5 Å². The summed E-state index contributed by atoms with van der Waals surface area (Å²) in [6, 6.07) is 14.9. The average Bonchev–Trinajstić information content (AvgIpc) is 2.47. The van der Waals surface area contributed by atoms with Gasteiger partial charge in [0.2, 0.25) is 0 Å². The van der Waals surface area contributed by atoms with Crippen LogP contribution in [0.15, 0.2) is 48.5 Å². The standard InChI is InChI=1S/C16H8N2O2/c17-9-19-14-7-3-5-12-8-11-4-1-2-6-13(11)16(15(12)14)20-10-18/h1-8H. The van der Waals surface area contributed by atoms with E-state index in [0.717, 1.165) is 16.2 Å². The molecule has 0 saturated carbocycles. The second kappa shape index (κ2) is 4.79. The van der Waals surface area contributed by atoms with Gasteiger partial charge in [0.05, 0.1) is 5.39 Å². The Morgan fingerprint density at radius 2 is 1.55 bits per heavy atom. The fourth-order valence-corrected chi connectivity index (χ4v) is 2.33. The van der Waals surface area contributed by atoms with E-state index in [2.05, 4.69) is 0 Å². The lowest BCUT2D eigenvalue weighted by atomic mass is 10.0. The van der Waals surface area contributed by atoms with E-state index in [1.165, 1.54) is 0 Å². The van der Waals surface area contributed by atoms with Crippen molar-refractivity contribution in [1.82, 2.24) is 0 Å². The average molecular weight is 260 g/mol. The Kier molecular flexibility index (Phi) is 2.84. The van der Waals surface area contributed by atoms with Crippen LogP contribution in [0, 0.1) is 23.0 Å². The van der Waals surface area contributed by atoms with E-state index in [-0.39, 0.29) is 0 Å². The van der Waals surface area contributed by atoms with Crippen LogP contribution in [-0.4, -0.2) is 0 Å². The van der Waals surface area contributed by atoms with Crippen LogP contribution in [0.1, 0.15) is 0 Å². The molecule has 0 fully saturated rings. The van der Waals surface area contributed by atoms with Crippen molar-refractivity contribution in [2.24, 2.45) is 0 Å². The third-order valence-corrected chi connectivity index (χ3v) is 3.11. The molecule has 0 bridgehead atoms. The van der Waals surface area contributed by atoms with Crippen LogP contribution >= 0.6 is 0 Å². The predicted octanol–water partition coefficient (Wildman–Crippen LogP) is 3.71. The van der Waals surface area contributed by atoms with Gasteiger partial charge < -0.3 is 9.47 Å². The van der Waals surface area contributed by atoms with Gasteiger partial charge in [-0.3, -0.25) is 0 Å². The molecular formula is C16H8N2O2. The number of fused-ring (bicyclic) bond motifs is 2. The number of nitriles is 2. The molecular weight excluding hydrogens is 252 g/mol. The first-order valence-electron chi connectivity index (χ1n) is 5.91. The molecule has 0 N–H and O–H groups in total. The summed E-state index contributed by atoms with van der Waals surface area (Å²) in [4.78, 5) is 0. The lowest BCUT2D eigenvalue weighted by molar-refractivity contribution is 0.499. The Morgan fingerprint density at radius 3 is 2.35 bits per heavy atom. The van der Waals surface area contributed by atoms with Crippen molar-refractivity contribution < 1.29 is 9.47 Å². The molecule has 0 spiro atoms. The van der Waals surface area contributed by atoms with E-state index in [9.17, 15) is 0 Å². The Balaban J connectivity index is 2.50. The first-order chi connectivity index (χ1) is 9.85. The van der Waals surface area contributed by atoms with E-state index >= 15 is 0 Å². The molecule has 4 heteroatoms. The highest BCUT2D eigenvalue weighted by Crippen LogP contribution is 2.39. The zero-order valence-electron chi connectivity index (χ0n) is 10.3. The molecule has 0 unspecified atom stereocenters. The maximum Gasteiger partial charge on any atom is 0.292 e. The van der Waals surface area contributed by atoms with Crippen LogP contribution in [-0.2, 0) is 0 Å². The Labute approximate surface area is 115 Å². The molecule has 0 amide bonds.